The molecule has 15 heavy (non-hydrogen) atoms. The predicted octanol–water partition coefficient (Wildman–Crippen LogP) is 2.66. The number of rotatable bonds is 2. The molecule has 1 saturated carbocycles. The van der Waals surface area contributed by atoms with Crippen molar-refractivity contribution in [1.29, 1.82) is 0 Å². The Labute approximate surface area is 94.8 Å². The first-order chi connectivity index (χ1) is 6.99. The first-order valence-corrected chi connectivity index (χ1v) is 5.64. The number of hydrogen-bond acceptors (Lipinski definition) is 2. The maximum absolute atomic E-state index is 13.3. The Hall–Kier alpha value is -0.650. The summed E-state index contributed by atoms with van der Waals surface area (Å²) in [5.74, 6) is -2.81. The van der Waals surface area contributed by atoms with Crippen LogP contribution in [-0.4, -0.2) is 15.7 Å². The molecule has 1 heterocycles. The van der Waals surface area contributed by atoms with Crippen molar-refractivity contribution < 1.29 is 8.78 Å². The Bertz CT molecular complexity index is 345. The molecule has 2 N–H and O–H groups in total. The average Bonchev–Trinajstić information content (AvgIpc) is 2.59. The maximum Gasteiger partial charge on any atom is 0.252 e. The van der Waals surface area contributed by atoms with Gasteiger partial charge in [-0.15, -0.1) is 0 Å². The minimum atomic E-state index is -2.55. The smallest absolute Gasteiger partial charge is 0.252 e. The molecule has 1 unspecified atom stereocenters. The van der Waals surface area contributed by atoms with Gasteiger partial charge in [0.05, 0.1) is 4.47 Å². The number of alkyl halides is 2. The lowest BCUT2D eigenvalue weighted by atomic mass is 10.1. The summed E-state index contributed by atoms with van der Waals surface area (Å²) in [5.41, 5.74) is 5.52. The summed E-state index contributed by atoms with van der Waals surface area (Å²) in [4.78, 5) is 0. The first kappa shape index (κ1) is 10.9. The summed E-state index contributed by atoms with van der Waals surface area (Å²) in [6, 6.07) is 0. The van der Waals surface area contributed by atoms with Crippen LogP contribution in [0.4, 0.5) is 14.6 Å². The molecule has 1 atom stereocenters. The number of nitrogens with two attached hydrogens (primary N) is 1. The second-order valence-electron chi connectivity index (χ2n) is 3.93. The van der Waals surface area contributed by atoms with Gasteiger partial charge in [-0.25, -0.2) is 8.78 Å². The van der Waals surface area contributed by atoms with Crippen molar-refractivity contribution in [2.75, 3.05) is 5.73 Å². The second kappa shape index (κ2) is 3.73. The fourth-order valence-corrected chi connectivity index (χ4v) is 2.27. The van der Waals surface area contributed by atoms with E-state index in [1.165, 1.54) is 4.68 Å². The van der Waals surface area contributed by atoms with Gasteiger partial charge in [-0.05, 0) is 28.8 Å². The third kappa shape index (κ3) is 2.14. The molecule has 1 aliphatic rings. The van der Waals surface area contributed by atoms with E-state index in [9.17, 15) is 8.78 Å². The van der Waals surface area contributed by atoms with Crippen LogP contribution in [0.15, 0.2) is 10.7 Å². The lowest BCUT2D eigenvalue weighted by molar-refractivity contribution is -0.0432. The summed E-state index contributed by atoms with van der Waals surface area (Å²) in [7, 11) is 0. The first-order valence-electron chi connectivity index (χ1n) is 4.85. The topological polar surface area (TPSA) is 43.8 Å². The second-order valence-corrected chi connectivity index (χ2v) is 4.79. The van der Waals surface area contributed by atoms with E-state index in [0.29, 0.717) is 23.1 Å². The van der Waals surface area contributed by atoms with E-state index in [2.05, 4.69) is 21.0 Å². The molecule has 0 spiro atoms. The van der Waals surface area contributed by atoms with Gasteiger partial charge in [0, 0.05) is 25.1 Å². The number of nitrogen functional groups attached to an aromatic ring is 1. The molecule has 0 aromatic carbocycles. The van der Waals surface area contributed by atoms with Crippen molar-refractivity contribution in [3.05, 3.63) is 10.7 Å². The van der Waals surface area contributed by atoms with Crippen molar-refractivity contribution in [1.82, 2.24) is 9.78 Å². The highest BCUT2D eigenvalue weighted by Gasteiger charge is 2.43. The Kier molecular flexibility index (Phi) is 2.70. The fraction of sp³-hybridized carbons (Fsp3) is 0.667. The summed E-state index contributed by atoms with van der Waals surface area (Å²) in [6.07, 6.45) is 2.79. The van der Waals surface area contributed by atoms with Crippen LogP contribution in [0.1, 0.15) is 19.3 Å². The van der Waals surface area contributed by atoms with E-state index < -0.39 is 11.8 Å². The standard InChI is InChI=1S/C9H12BrF2N3/c10-7-5-15(14-8(7)13)4-6-2-1-3-9(6,11)12/h5-6H,1-4H2,(H2,13,14). The molecule has 6 heteroatoms. The SMILES string of the molecule is Nc1nn(CC2CCCC2(F)F)cc1Br. The van der Waals surface area contributed by atoms with Gasteiger partial charge >= 0.3 is 0 Å². The number of hydrogen-bond donors (Lipinski definition) is 1. The zero-order chi connectivity index (χ0) is 11.1. The molecular formula is C9H12BrF2N3. The van der Waals surface area contributed by atoms with Crippen molar-refractivity contribution in [2.45, 2.75) is 31.7 Å². The highest BCUT2D eigenvalue weighted by Crippen LogP contribution is 2.41. The molecule has 2 rings (SSSR count). The normalized spacial score (nSPS) is 24.6. The van der Waals surface area contributed by atoms with Gasteiger partial charge in [-0.3, -0.25) is 4.68 Å². The minimum absolute atomic E-state index is 0.00438. The minimum Gasteiger partial charge on any atom is -0.381 e. The summed E-state index contributed by atoms with van der Waals surface area (Å²) >= 11 is 3.20. The van der Waals surface area contributed by atoms with Crippen LogP contribution < -0.4 is 5.73 Å². The van der Waals surface area contributed by atoms with Crippen LogP contribution in [0, 0.1) is 5.92 Å². The van der Waals surface area contributed by atoms with E-state index in [1.54, 1.807) is 6.20 Å². The van der Waals surface area contributed by atoms with Gasteiger partial charge in [-0.2, -0.15) is 5.10 Å². The third-order valence-corrected chi connectivity index (χ3v) is 3.42. The van der Waals surface area contributed by atoms with E-state index in [4.69, 9.17) is 5.73 Å². The third-order valence-electron chi connectivity index (χ3n) is 2.81. The molecule has 1 fully saturated rings. The Morgan fingerprint density at radius 3 is 2.87 bits per heavy atom. The lowest BCUT2D eigenvalue weighted by Crippen LogP contribution is -2.26. The zero-order valence-electron chi connectivity index (χ0n) is 8.09. The van der Waals surface area contributed by atoms with Crippen molar-refractivity contribution in [3.8, 4) is 0 Å². The largest absolute Gasteiger partial charge is 0.381 e. The molecule has 0 radical (unpaired) electrons. The van der Waals surface area contributed by atoms with Gasteiger partial charge in [0.2, 0.25) is 0 Å². The molecule has 84 valence electrons. The number of halogens is 3. The Morgan fingerprint density at radius 2 is 2.40 bits per heavy atom. The van der Waals surface area contributed by atoms with Gasteiger partial charge < -0.3 is 5.73 Å². The summed E-state index contributed by atoms with van der Waals surface area (Å²) in [5, 5.41) is 3.95. The highest BCUT2D eigenvalue weighted by molar-refractivity contribution is 9.10. The van der Waals surface area contributed by atoms with Crippen molar-refractivity contribution >= 4 is 21.7 Å². The monoisotopic (exact) mass is 279 g/mol. The maximum atomic E-state index is 13.3. The molecule has 3 nitrogen and oxygen atoms in total. The molecule has 1 aromatic rings. The number of aromatic nitrogens is 2. The van der Waals surface area contributed by atoms with Gasteiger partial charge in [0.25, 0.3) is 5.92 Å². The molecule has 0 amide bonds. The molecular weight excluding hydrogens is 268 g/mol. The quantitative estimate of drug-likeness (QED) is 0.905. The van der Waals surface area contributed by atoms with E-state index in [-0.39, 0.29) is 13.0 Å². The average molecular weight is 280 g/mol. The van der Waals surface area contributed by atoms with Gasteiger partial charge in [-0.1, -0.05) is 0 Å². The van der Waals surface area contributed by atoms with Crippen LogP contribution >= 0.6 is 15.9 Å². The molecule has 0 saturated heterocycles. The lowest BCUT2D eigenvalue weighted by Gasteiger charge is -2.18. The van der Waals surface area contributed by atoms with Crippen molar-refractivity contribution in [2.24, 2.45) is 5.92 Å². The summed E-state index contributed by atoms with van der Waals surface area (Å²) < 4.78 is 28.8. The van der Waals surface area contributed by atoms with Crippen LogP contribution in [0.25, 0.3) is 0 Å². The number of anilines is 1. The van der Waals surface area contributed by atoms with E-state index in [0.717, 1.165) is 0 Å². The zero-order valence-corrected chi connectivity index (χ0v) is 9.67. The fourth-order valence-electron chi connectivity index (χ4n) is 1.96. The van der Waals surface area contributed by atoms with Crippen LogP contribution in [-0.2, 0) is 6.54 Å². The number of nitrogens with zero attached hydrogens (tertiary/aromatic N) is 2. The highest BCUT2D eigenvalue weighted by atomic mass is 79.9. The summed E-state index contributed by atoms with van der Waals surface area (Å²) in [6.45, 7) is 0.239. The van der Waals surface area contributed by atoms with E-state index in [1.807, 2.05) is 0 Å². The van der Waals surface area contributed by atoms with Crippen LogP contribution in [0.3, 0.4) is 0 Å². The predicted molar refractivity (Wildman–Crippen MR) is 56.6 cm³/mol. The van der Waals surface area contributed by atoms with Gasteiger partial charge in [0.1, 0.15) is 0 Å². The Morgan fingerprint density at radius 1 is 1.67 bits per heavy atom. The molecule has 1 aliphatic carbocycles. The molecule has 0 aliphatic heterocycles. The van der Waals surface area contributed by atoms with E-state index >= 15 is 0 Å². The molecule has 0 bridgehead atoms. The van der Waals surface area contributed by atoms with Gasteiger partial charge in [0.15, 0.2) is 5.82 Å². The van der Waals surface area contributed by atoms with Crippen LogP contribution in [0.5, 0.6) is 0 Å². The molecule has 1 aromatic heterocycles. The Balaban J connectivity index is 2.09. The van der Waals surface area contributed by atoms with Crippen molar-refractivity contribution in [3.63, 3.8) is 0 Å². The van der Waals surface area contributed by atoms with Crippen LogP contribution in [0.2, 0.25) is 0 Å².